The Hall–Kier alpha value is -3.72. The van der Waals surface area contributed by atoms with Gasteiger partial charge in [0.05, 0.1) is 33.5 Å². The van der Waals surface area contributed by atoms with Crippen LogP contribution in [0.5, 0.6) is 11.5 Å². The minimum Gasteiger partial charge on any atom is -0.497 e. The van der Waals surface area contributed by atoms with Crippen LogP contribution in [-0.4, -0.2) is 49.5 Å². The van der Waals surface area contributed by atoms with Gasteiger partial charge in [-0.1, -0.05) is 91.0 Å². The van der Waals surface area contributed by atoms with E-state index in [0.29, 0.717) is 31.3 Å². The molecule has 0 bridgehead atoms. The van der Waals surface area contributed by atoms with E-state index < -0.39 is 30.7 Å². The fourth-order valence-electron chi connectivity index (χ4n) is 4.71. The highest BCUT2D eigenvalue weighted by Gasteiger charge is 2.48. The molecule has 1 fully saturated rings. The minimum absolute atomic E-state index is 0.217. The largest absolute Gasteiger partial charge is 0.497 e. The zero-order valence-electron chi connectivity index (χ0n) is 23.1. The molecule has 0 aromatic heterocycles. The van der Waals surface area contributed by atoms with Crippen LogP contribution in [0.25, 0.3) is 0 Å². The van der Waals surface area contributed by atoms with Crippen molar-refractivity contribution in [3.8, 4) is 11.5 Å². The highest BCUT2D eigenvalue weighted by Crippen LogP contribution is 2.30. The van der Waals surface area contributed by atoms with Crippen LogP contribution in [0, 0.1) is 0 Å². The second-order valence-electron chi connectivity index (χ2n) is 9.85. The van der Waals surface area contributed by atoms with Gasteiger partial charge in [0, 0.05) is 0 Å². The molecule has 7 heteroatoms. The number of ether oxygens (including phenoxy) is 6. The smallest absolute Gasteiger partial charge is 0.229 e. The summed E-state index contributed by atoms with van der Waals surface area (Å²) < 4.78 is 36.6. The van der Waals surface area contributed by atoms with Gasteiger partial charge >= 0.3 is 0 Å². The Morgan fingerprint density at radius 1 is 0.610 bits per heavy atom. The number of rotatable bonds is 13. The molecule has 0 aliphatic carbocycles. The van der Waals surface area contributed by atoms with E-state index in [4.69, 9.17) is 28.4 Å². The Kier molecular flexibility index (Phi) is 10.4. The molecule has 4 aromatic rings. The maximum Gasteiger partial charge on any atom is 0.229 e. The van der Waals surface area contributed by atoms with Crippen LogP contribution < -0.4 is 9.47 Å². The predicted molar refractivity (Wildman–Crippen MR) is 154 cm³/mol. The van der Waals surface area contributed by atoms with E-state index in [0.717, 1.165) is 16.7 Å². The second-order valence-corrected chi connectivity index (χ2v) is 9.85. The highest BCUT2D eigenvalue weighted by atomic mass is 16.7. The van der Waals surface area contributed by atoms with E-state index in [9.17, 15) is 5.11 Å². The summed E-state index contributed by atoms with van der Waals surface area (Å²) in [5.74, 6) is 1.23. The Labute approximate surface area is 241 Å². The van der Waals surface area contributed by atoms with Crippen molar-refractivity contribution >= 4 is 0 Å². The summed E-state index contributed by atoms with van der Waals surface area (Å²) in [6, 6.07) is 36.8. The zero-order valence-corrected chi connectivity index (χ0v) is 23.1. The molecule has 7 nitrogen and oxygen atoms in total. The molecular formula is C34H36O7. The van der Waals surface area contributed by atoms with Gasteiger partial charge in [-0.05, 0) is 41.0 Å². The first-order valence-corrected chi connectivity index (χ1v) is 13.8. The van der Waals surface area contributed by atoms with Gasteiger partial charge in [0.2, 0.25) is 6.29 Å². The van der Waals surface area contributed by atoms with Crippen molar-refractivity contribution in [2.45, 2.75) is 50.5 Å². The first kappa shape index (κ1) is 28.8. The molecule has 0 spiro atoms. The molecule has 0 saturated carbocycles. The van der Waals surface area contributed by atoms with Gasteiger partial charge in [-0.15, -0.1) is 0 Å². The van der Waals surface area contributed by atoms with E-state index in [1.165, 1.54) is 0 Å². The first-order chi connectivity index (χ1) is 20.2. The van der Waals surface area contributed by atoms with Crippen molar-refractivity contribution in [1.82, 2.24) is 0 Å². The molecule has 0 radical (unpaired) electrons. The van der Waals surface area contributed by atoms with E-state index >= 15 is 0 Å². The van der Waals surface area contributed by atoms with Gasteiger partial charge in [-0.2, -0.15) is 0 Å². The molecule has 1 aliphatic heterocycles. The van der Waals surface area contributed by atoms with Crippen LogP contribution in [0.4, 0.5) is 0 Å². The summed E-state index contributed by atoms with van der Waals surface area (Å²) in [6.07, 6.45) is -4.09. The Bertz CT molecular complexity index is 1290. The van der Waals surface area contributed by atoms with Crippen molar-refractivity contribution in [2.75, 3.05) is 13.7 Å². The SMILES string of the molecule is COc1ccc(O[C@H]2O[C@H](COCc3ccccc3)[C@@H](OCc3ccccc3)[C@H](OCc3ccccc3)[C@@H]2O)cc1. The molecule has 41 heavy (non-hydrogen) atoms. The van der Waals surface area contributed by atoms with Gasteiger partial charge in [0.1, 0.15) is 35.9 Å². The average molecular weight is 557 g/mol. The lowest BCUT2D eigenvalue weighted by Gasteiger charge is -2.44. The Morgan fingerprint density at radius 3 is 1.63 bits per heavy atom. The minimum atomic E-state index is -1.13. The average Bonchev–Trinajstić information content (AvgIpc) is 3.03. The monoisotopic (exact) mass is 556 g/mol. The van der Waals surface area contributed by atoms with Crippen LogP contribution in [0.3, 0.4) is 0 Å². The third-order valence-electron chi connectivity index (χ3n) is 6.89. The van der Waals surface area contributed by atoms with E-state index in [2.05, 4.69) is 0 Å². The predicted octanol–water partition coefficient (Wildman–Crippen LogP) is 5.55. The van der Waals surface area contributed by atoms with Crippen LogP contribution in [0.15, 0.2) is 115 Å². The molecule has 1 aliphatic rings. The topological polar surface area (TPSA) is 75.6 Å². The number of methoxy groups -OCH3 is 1. The maximum atomic E-state index is 11.5. The van der Waals surface area contributed by atoms with Gasteiger partial charge in [-0.3, -0.25) is 0 Å². The van der Waals surface area contributed by atoms with Crippen molar-refractivity contribution in [2.24, 2.45) is 0 Å². The van der Waals surface area contributed by atoms with E-state index in [1.807, 2.05) is 91.0 Å². The summed E-state index contributed by atoms with van der Waals surface area (Å²) in [4.78, 5) is 0. The third kappa shape index (κ3) is 8.16. The fourth-order valence-corrected chi connectivity index (χ4v) is 4.71. The van der Waals surface area contributed by atoms with Crippen LogP contribution in [0.2, 0.25) is 0 Å². The van der Waals surface area contributed by atoms with Gasteiger partial charge in [0.25, 0.3) is 0 Å². The molecule has 0 unspecified atom stereocenters. The normalized spacial score (nSPS) is 22.2. The molecular weight excluding hydrogens is 520 g/mol. The summed E-state index contributed by atoms with van der Waals surface area (Å²) >= 11 is 0. The highest BCUT2D eigenvalue weighted by molar-refractivity contribution is 5.31. The number of hydrogen-bond donors (Lipinski definition) is 1. The summed E-state index contributed by atoms with van der Waals surface area (Å²) in [7, 11) is 1.61. The van der Waals surface area contributed by atoms with Crippen molar-refractivity contribution in [3.63, 3.8) is 0 Å². The standard InChI is InChI=1S/C34H36O7/c1-36-28-17-19-29(20-18-28)40-34-31(35)33(39-23-27-15-9-4-10-16-27)32(38-22-26-13-7-3-8-14-26)30(41-34)24-37-21-25-11-5-2-6-12-25/h2-20,30-35H,21-24H2,1H3/t30-,31+,32-,33-,34+/m1/s1. The van der Waals surface area contributed by atoms with Gasteiger partial charge < -0.3 is 33.5 Å². The fraction of sp³-hybridized carbons (Fsp3) is 0.294. The Balaban J connectivity index is 1.37. The molecule has 1 heterocycles. The zero-order chi connectivity index (χ0) is 28.3. The van der Waals surface area contributed by atoms with Crippen molar-refractivity contribution in [3.05, 3.63) is 132 Å². The van der Waals surface area contributed by atoms with Gasteiger partial charge in [-0.25, -0.2) is 0 Å². The van der Waals surface area contributed by atoms with Crippen LogP contribution >= 0.6 is 0 Å². The Morgan fingerprint density at radius 2 is 1.10 bits per heavy atom. The van der Waals surface area contributed by atoms with Crippen LogP contribution in [0.1, 0.15) is 16.7 Å². The summed E-state index contributed by atoms with van der Waals surface area (Å²) in [6.45, 7) is 1.25. The maximum absolute atomic E-state index is 11.5. The van der Waals surface area contributed by atoms with Crippen molar-refractivity contribution < 1.29 is 33.5 Å². The lowest BCUT2D eigenvalue weighted by Crippen LogP contribution is -2.61. The third-order valence-corrected chi connectivity index (χ3v) is 6.89. The second kappa shape index (κ2) is 14.8. The lowest BCUT2D eigenvalue weighted by atomic mass is 9.98. The quantitative estimate of drug-likeness (QED) is 0.232. The summed E-state index contributed by atoms with van der Waals surface area (Å²) in [5.41, 5.74) is 3.04. The molecule has 1 N–H and O–H groups in total. The number of hydrogen-bond acceptors (Lipinski definition) is 7. The number of aliphatic hydroxyl groups excluding tert-OH is 1. The number of aliphatic hydroxyl groups is 1. The number of benzene rings is 4. The first-order valence-electron chi connectivity index (χ1n) is 13.8. The van der Waals surface area contributed by atoms with Gasteiger partial charge in [0.15, 0.2) is 0 Å². The molecule has 5 rings (SSSR count). The van der Waals surface area contributed by atoms with Crippen LogP contribution in [-0.2, 0) is 38.8 Å². The molecule has 0 amide bonds. The molecule has 4 aromatic carbocycles. The summed E-state index contributed by atoms with van der Waals surface area (Å²) in [5, 5.41) is 11.5. The van der Waals surface area contributed by atoms with E-state index in [-0.39, 0.29) is 6.61 Å². The molecule has 214 valence electrons. The lowest BCUT2D eigenvalue weighted by molar-refractivity contribution is -0.299. The van der Waals surface area contributed by atoms with Crippen molar-refractivity contribution in [1.29, 1.82) is 0 Å². The molecule has 1 saturated heterocycles. The molecule has 5 atom stereocenters. The van der Waals surface area contributed by atoms with E-state index in [1.54, 1.807) is 31.4 Å².